The third kappa shape index (κ3) is 3.41. The lowest BCUT2D eigenvalue weighted by atomic mass is 9.87. The molecule has 5 heteroatoms. The van der Waals surface area contributed by atoms with E-state index in [9.17, 15) is 9.59 Å². The molecule has 2 N–H and O–H groups in total. The van der Waals surface area contributed by atoms with Crippen molar-refractivity contribution in [2.45, 2.75) is 18.4 Å². The van der Waals surface area contributed by atoms with E-state index in [1.165, 1.54) is 0 Å². The number of rotatable bonds is 4. The van der Waals surface area contributed by atoms with Crippen LogP contribution in [0.4, 0.5) is 0 Å². The molecule has 1 aliphatic carbocycles. The van der Waals surface area contributed by atoms with Crippen molar-refractivity contribution in [3.8, 4) is 0 Å². The summed E-state index contributed by atoms with van der Waals surface area (Å²) in [6, 6.07) is 14.7. The van der Waals surface area contributed by atoms with E-state index in [0.717, 1.165) is 15.6 Å². The number of ether oxygens (including phenoxy) is 1. The number of hydrogen-bond donors (Lipinski definition) is 1. The average molecular weight is 386 g/mol. The molecule has 4 nitrogen and oxygen atoms in total. The molecule has 0 aliphatic heterocycles. The van der Waals surface area contributed by atoms with Gasteiger partial charge in [-0.1, -0.05) is 64.5 Å². The first-order valence-electron chi connectivity index (χ1n) is 7.57. The minimum atomic E-state index is -1.10. The minimum Gasteiger partial charge on any atom is -0.447 e. The largest absolute Gasteiger partial charge is 0.447 e. The highest BCUT2D eigenvalue weighted by molar-refractivity contribution is 9.10. The standard InChI is InChI=1S/C19H16BrNO3/c20-14-8-3-7-13(11-14)17(18(21)22)24-19(23)16-10-4-6-12-5-1-2-9-15(12)16/h1-9,11,16-17H,10H2,(H2,21,22). The summed E-state index contributed by atoms with van der Waals surface area (Å²) < 4.78 is 6.27. The van der Waals surface area contributed by atoms with Crippen LogP contribution in [0.1, 0.15) is 35.1 Å². The lowest BCUT2D eigenvalue weighted by Gasteiger charge is -2.23. The Morgan fingerprint density at radius 3 is 2.71 bits per heavy atom. The maximum atomic E-state index is 12.7. The quantitative estimate of drug-likeness (QED) is 0.815. The number of nitrogens with two attached hydrogens (primary N) is 1. The van der Waals surface area contributed by atoms with Crippen molar-refractivity contribution in [2.24, 2.45) is 5.73 Å². The Morgan fingerprint density at radius 1 is 1.17 bits per heavy atom. The van der Waals surface area contributed by atoms with Crippen LogP contribution in [0, 0.1) is 0 Å². The zero-order chi connectivity index (χ0) is 17.1. The van der Waals surface area contributed by atoms with Gasteiger partial charge in [-0.2, -0.15) is 0 Å². The molecule has 0 saturated carbocycles. The molecule has 2 unspecified atom stereocenters. The van der Waals surface area contributed by atoms with Crippen LogP contribution < -0.4 is 5.73 Å². The molecule has 3 rings (SSSR count). The van der Waals surface area contributed by atoms with Gasteiger partial charge in [0, 0.05) is 10.0 Å². The monoisotopic (exact) mass is 385 g/mol. The maximum Gasteiger partial charge on any atom is 0.314 e. The van der Waals surface area contributed by atoms with Gasteiger partial charge in [-0.05, 0) is 29.7 Å². The molecule has 0 heterocycles. The number of hydrogen-bond acceptors (Lipinski definition) is 3. The minimum absolute atomic E-state index is 0.430. The highest BCUT2D eigenvalue weighted by atomic mass is 79.9. The van der Waals surface area contributed by atoms with Gasteiger partial charge < -0.3 is 10.5 Å². The molecule has 2 atom stereocenters. The van der Waals surface area contributed by atoms with Crippen molar-refractivity contribution in [3.05, 3.63) is 75.8 Å². The normalized spacial score (nSPS) is 17.0. The summed E-state index contributed by atoms with van der Waals surface area (Å²) >= 11 is 3.34. The smallest absolute Gasteiger partial charge is 0.314 e. The van der Waals surface area contributed by atoms with Crippen molar-refractivity contribution in [3.63, 3.8) is 0 Å². The summed E-state index contributed by atoms with van der Waals surface area (Å²) in [6.07, 6.45) is 3.36. The third-order valence-electron chi connectivity index (χ3n) is 3.97. The van der Waals surface area contributed by atoms with Gasteiger partial charge in [0.2, 0.25) is 6.10 Å². The Hall–Kier alpha value is -2.40. The van der Waals surface area contributed by atoms with Crippen molar-refractivity contribution < 1.29 is 14.3 Å². The third-order valence-corrected chi connectivity index (χ3v) is 4.46. The topological polar surface area (TPSA) is 69.4 Å². The van der Waals surface area contributed by atoms with Crippen molar-refractivity contribution in [2.75, 3.05) is 0 Å². The van der Waals surface area contributed by atoms with Crippen LogP contribution in [0.15, 0.2) is 59.1 Å². The number of esters is 1. The van der Waals surface area contributed by atoms with E-state index in [0.29, 0.717) is 12.0 Å². The zero-order valence-electron chi connectivity index (χ0n) is 12.8. The molecule has 0 spiro atoms. The Labute approximate surface area is 148 Å². The van der Waals surface area contributed by atoms with Gasteiger partial charge in [-0.15, -0.1) is 0 Å². The predicted octanol–water partition coefficient (Wildman–Crippen LogP) is 3.72. The molecular weight excluding hydrogens is 370 g/mol. The number of fused-ring (bicyclic) bond motifs is 1. The Bertz CT molecular complexity index is 816. The summed E-state index contributed by atoms with van der Waals surface area (Å²) in [5.41, 5.74) is 7.89. The Kier molecular flexibility index (Phi) is 4.81. The SMILES string of the molecule is NC(=O)C(OC(=O)C1CC=Cc2ccccc21)c1cccc(Br)c1. The highest BCUT2D eigenvalue weighted by Crippen LogP contribution is 2.32. The van der Waals surface area contributed by atoms with E-state index >= 15 is 0 Å². The van der Waals surface area contributed by atoms with Crippen LogP contribution in [-0.2, 0) is 14.3 Å². The molecule has 0 bridgehead atoms. The zero-order valence-corrected chi connectivity index (χ0v) is 14.4. The summed E-state index contributed by atoms with van der Waals surface area (Å²) in [5.74, 6) is -1.57. The molecule has 1 amide bonds. The van der Waals surface area contributed by atoms with E-state index < -0.39 is 23.9 Å². The summed E-state index contributed by atoms with van der Waals surface area (Å²) in [4.78, 5) is 24.4. The van der Waals surface area contributed by atoms with Crippen molar-refractivity contribution >= 4 is 33.9 Å². The molecule has 0 radical (unpaired) electrons. The van der Waals surface area contributed by atoms with Crippen molar-refractivity contribution in [1.82, 2.24) is 0 Å². The van der Waals surface area contributed by atoms with Crippen LogP contribution in [0.5, 0.6) is 0 Å². The van der Waals surface area contributed by atoms with Gasteiger partial charge in [-0.25, -0.2) is 0 Å². The summed E-state index contributed by atoms with van der Waals surface area (Å²) in [7, 11) is 0. The number of allylic oxidation sites excluding steroid dienone is 1. The fraction of sp³-hybridized carbons (Fsp3) is 0.158. The number of primary amides is 1. The molecule has 0 saturated heterocycles. The van der Waals surface area contributed by atoms with Gasteiger partial charge in [0.15, 0.2) is 0 Å². The Morgan fingerprint density at radius 2 is 1.96 bits per heavy atom. The predicted molar refractivity (Wildman–Crippen MR) is 95.0 cm³/mol. The number of carbonyl (C=O) groups excluding carboxylic acids is 2. The summed E-state index contributed by atoms with van der Waals surface area (Å²) in [5, 5.41) is 0. The molecule has 1 aliphatic rings. The van der Waals surface area contributed by atoms with E-state index in [-0.39, 0.29) is 0 Å². The second kappa shape index (κ2) is 7.01. The molecule has 24 heavy (non-hydrogen) atoms. The molecule has 0 aromatic heterocycles. The van der Waals surface area contributed by atoms with Gasteiger partial charge in [0.1, 0.15) is 0 Å². The van der Waals surface area contributed by atoms with Gasteiger partial charge in [0.25, 0.3) is 5.91 Å². The Balaban J connectivity index is 1.85. The van der Waals surface area contributed by atoms with Crippen LogP contribution >= 0.6 is 15.9 Å². The molecule has 122 valence electrons. The van der Waals surface area contributed by atoms with Gasteiger partial charge >= 0.3 is 5.97 Å². The van der Waals surface area contributed by atoms with Gasteiger partial charge in [0.05, 0.1) is 5.92 Å². The van der Waals surface area contributed by atoms with Crippen molar-refractivity contribution in [1.29, 1.82) is 0 Å². The first-order valence-corrected chi connectivity index (χ1v) is 8.36. The molecule has 2 aromatic rings. The summed E-state index contributed by atoms with van der Waals surface area (Å²) in [6.45, 7) is 0. The maximum absolute atomic E-state index is 12.7. The average Bonchev–Trinajstić information content (AvgIpc) is 2.58. The van der Waals surface area contributed by atoms with Crippen LogP contribution in [0.2, 0.25) is 0 Å². The van der Waals surface area contributed by atoms with E-state index in [1.807, 2.05) is 42.5 Å². The van der Waals surface area contributed by atoms with Crippen LogP contribution in [0.25, 0.3) is 6.08 Å². The lowest BCUT2D eigenvalue weighted by Crippen LogP contribution is -2.29. The van der Waals surface area contributed by atoms with E-state index in [1.54, 1.807) is 18.2 Å². The van der Waals surface area contributed by atoms with Crippen LogP contribution in [0.3, 0.4) is 0 Å². The first kappa shape index (κ1) is 16.5. The molecule has 0 fully saturated rings. The molecule has 2 aromatic carbocycles. The van der Waals surface area contributed by atoms with Crippen LogP contribution in [-0.4, -0.2) is 11.9 Å². The van der Waals surface area contributed by atoms with Gasteiger partial charge in [-0.3, -0.25) is 9.59 Å². The first-order chi connectivity index (χ1) is 11.6. The number of carbonyl (C=O) groups is 2. The number of benzene rings is 2. The highest BCUT2D eigenvalue weighted by Gasteiger charge is 2.30. The molecular formula is C19H16BrNO3. The second-order valence-corrected chi connectivity index (χ2v) is 6.51. The number of amides is 1. The van der Waals surface area contributed by atoms with E-state index in [4.69, 9.17) is 10.5 Å². The second-order valence-electron chi connectivity index (χ2n) is 5.59. The fourth-order valence-corrected chi connectivity index (χ4v) is 3.24. The van der Waals surface area contributed by atoms with E-state index in [2.05, 4.69) is 15.9 Å². The fourth-order valence-electron chi connectivity index (χ4n) is 2.82. The number of halogens is 1. The lowest BCUT2D eigenvalue weighted by molar-refractivity contribution is -0.156.